The first-order chi connectivity index (χ1) is 16.0. The number of ketones is 1. The molecule has 0 radical (unpaired) electrons. The third-order valence-electron chi connectivity index (χ3n) is 11.0. The Morgan fingerprint density at radius 2 is 1.85 bits per heavy atom. The molecule has 0 amide bonds. The summed E-state index contributed by atoms with van der Waals surface area (Å²) >= 11 is 0. The summed E-state index contributed by atoms with van der Waals surface area (Å²) in [5.74, 6) is 2.33. The van der Waals surface area contributed by atoms with Crippen molar-refractivity contribution in [2.45, 2.75) is 104 Å². The van der Waals surface area contributed by atoms with Gasteiger partial charge in [-0.25, -0.2) is 0 Å². The molecule has 0 bridgehead atoms. The highest BCUT2D eigenvalue weighted by atomic mass is 16.6. The van der Waals surface area contributed by atoms with Gasteiger partial charge in [-0.2, -0.15) is 0 Å². The van der Waals surface area contributed by atoms with Crippen molar-refractivity contribution >= 4 is 11.8 Å². The highest BCUT2D eigenvalue weighted by Crippen LogP contribution is 2.70. The molecule has 4 rings (SSSR count). The maximum Gasteiger partial charge on any atom is 0.306 e. The molecule has 1 N–H and O–H groups in total. The van der Waals surface area contributed by atoms with Crippen LogP contribution in [0.15, 0.2) is 23.8 Å². The van der Waals surface area contributed by atoms with Gasteiger partial charge in [0.05, 0.1) is 6.61 Å². The standard InChI is InChI=1S/C30H46O4/c1-19(2)15-23(32)16-20(3)24-10-13-29(6)26-8-7-25(21(4)18-31)30(14-11-27(33)34-30)17-22(26)9-12-28(24,29)5/h15,20,22,24-26,31H,4,7-14,16-18H2,1-3,5-6H3. The van der Waals surface area contributed by atoms with Crippen LogP contribution >= 0.6 is 0 Å². The van der Waals surface area contributed by atoms with Crippen molar-refractivity contribution in [2.24, 2.45) is 40.4 Å². The van der Waals surface area contributed by atoms with Gasteiger partial charge >= 0.3 is 5.97 Å². The molecule has 4 aliphatic rings. The van der Waals surface area contributed by atoms with E-state index in [4.69, 9.17) is 4.74 Å². The Labute approximate surface area is 206 Å². The number of carbonyl (C=O) groups is 2. The summed E-state index contributed by atoms with van der Waals surface area (Å²) in [5, 5.41) is 9.94. The van der Waals surface area contributed by atoms with Crippen LogP contribution in [0.2, 0.25) is 0 Å². The van der Waals surface area contributed by atoms with E-state index in [2.05, 4.69) is 27.4 Å². The van der Waals surface area contributed by atoms with Crippen LogP contribution in [-0.2, 0) is 14.3 Å². The van der Waals surface area contributed by atoms with E-state index in [1.165, 1.54) is 25.7 Å². The van der Waals surface area contributed by atoms with Gasteiger partial charge in [-0.1, -0.05) is 32.9 Å². The molecule has 4 nitrogen and oxygen atoms in total. The zero-order valence-electron chi connectivity index (χ0n) is 22.1. The zero-order chi connectivity index (χ0) is 24.9. The maximum atomic E-state index is 12.6. The minimum atomic E-state index is -0.470. The van der Waals surface area contributed by atoms with E-state index in [1.54, 1.807) is 0 Å². The number of esters is 1. The SMILES string of the molecule is C=C(CO)C1CCC2C(CCC3(C)C(C(C)CC(=O)C=C(C)C)CCC23C)CC12CCC(=O)O2. The predicted molar refractivity (Wildman–Crippen MR) is 135 cm³/mol. The molecule has 0 aromatic heterocycles. The number of hydrogen-bond acceptors (Lipinski definition) is 4. The quantitative estimate of drug-likeness (QED) is 0.276. The lowest BCUT2D eigenvalue weighted by atomic mass is 9.48. The molecule has 1 saturated heterocycles. The van der Waals surface area contributed by atoms with E-state index in [1.807, 2.05) is 19.9 Å². The zero-order valence-corrected chi connectivity index (χ0v) is 22.1. The average molecular weight is 471 g/mol. The molecule has 1 aliphatic heterocycles. The van der Waals surface area contributed by atoms with Crippen molar-refractivity contribution in [3.8, 4) is 0 Å². The van der Waals surface area contributed by atoms with E-state index in [0.717, 1.165) is 36.8 Å². The Bertz CT molecular complexity index is 869. The van der Waals surface area contributed by atoms with Crippen molar-refractivity contribution in [1.29, 1.82) is 0 Å². The molecule has 8 unspecified atom stereocenters. The smallest absolute Gasteiger partial charge is 0.306 e. The lowest BCUT2D eigenvalue weighted by molar-refractivity contribution is -0.155. The third-order valence-corrected chi connectivity index (χ3v) is 11.0. The van der Waals surface area contributed by atoms with Gasteiger partial charge < -0.3 is 9.84 Å². The monoisotopic (exact) mass is 470 g/mol. The molecule has 8 atom stereocenters. The minimum Gasteiger partial charge on any atom is -0.458 e. The second-order valence-electron chi connectivity index (χ2n) is 12.9. The summed E-state index contributed by atoms with van der Waals surface area (Å²) in [6.07, 6.45) is 11.4. The van der Waals surface area contributed by atoms with Crippen LogP contribution in [0, 0.1) is 40.4 Å². The molecule has 3 aliphatic carbocycles. The van der Waals surface area contributed by atoms with Crippen LogP contribution in [-0.4, -0.2) is 29.1 Å². The fourth-order valence-electron chi connectivity index (χ4n) is 9.23. The van der Waals surface area contributed by atoms with Crippen molar-refractivity contribution in [1.82, 2.24) is 0 Å². The molecular formula is C30H46O4. The van der Waals surface area contributed by atoms with Crippen LogP contribution in [0.25, 0.3) is 0 Å². The maximum absolute atomic E-state index is 12.6. The van der Waals surface area contributed by atoms with Gasteiger partial charge in [-0.05, 0) is 111 Å². The molecule has 0 aromatic rings. The number of aliphatic hydroxyl groups is 1. The number of fused-ring (bicyclic) bond motifs is 3. The lowest BCUT2D eigenvalue weighted by Crippen LogP contribution is -2.50. The predicted octanol–water partition coefficient (Wildman–Crippen LogP) is 6.42. The molecule has 1 heterocycles. The van der Waals surface area contributed by atoms with Crippen molar-refractivity contribution < 1.29 is 19.4 Å². The summed E-state index contributed by atoms with van der Waals surface area (Å²) in [5.41, 5.74) is 1.90. The second kappa shape index (κ2) is 9.22. The molecular weight excluding hydrogens is 424 g/mol. The number of allylic oxidation sites excluding steroid dienone is 2. The Morgan fingerprint density at radius 3 is 2.47 bits per heavy atom. The Morgan fingerprint density at radius 1 is 1.15 bits per heavy atom. The second-order valence-corrected chi connectivity index (χ2v) is 12.9. The number of ether oxygens (including phenoxy) is 1. The summed E-state index contributed by atoms with van der Waals surface area (Å²) in [6, 6.07) is 0. The summed E-state index contributed by atoms with van der Waals surface area (Å²) in [7, 11) is 0. The van der Waals surface area contributed by atoms with Crippen molar-refractivity contribution in [3.63, 3.8) is 0 Å². The number of carbonyl (C=O) groups excluding carboxylic acids is 2. The molecule has 0 aromatic carbocycles. The number of hydrogen-bond donors (Lipinski definition) is 1. The number of aliphatic hydroxyl groups excluding tert-OH is 1. The first-order valence-electron chi connectivity index (χ1n) is 13.6. The molecule has 4 heteroatoms. The van der Waals surface area contributed by atoms with Crippen LogP contribution < -0.4 is 0 Å². The van der Waals surface area contributed by atoms with Crippen molar-refractivity contribution in [2.75, 3.05) is 6.61 Å². The van der Waals surface area contributed by atoms with E-state index >= 15 is 0 Å². The lowest BCUT2D eigenvalue weighted by Gasteiger charge is -2.57. The van der Waals surface area contributed by atoms with E-state index in [0.29, 0.717) is 36.5 Å². The Balaban J connectivity index is 1.60. The number of rotatable bonds is 6. The molecule has 4 fully saturated rings. The van der Waals surface area contributed by atoms with Gasteiger partial charge in [0.25, 0.3) is 0 Å². The fourth-order valence-corrected chi connectivity index (χ4v) is 9.23. The van der Waals surface area contributed by atoms with Gasteiger partial charge in [0.2, 0.25) is 0 Å². The molecule has 3 saturated carbocycles. The Kier molecular flexibility index (Phi) is 6.96. The van der Waals surface area contributed by atoms with Crippen molar-refractivity contribution in [3.05, 3.63) is 23.8 Å². The normalized spacial score (nSPS) is 42.4. The van der Waals surface area contributed by atoms with Crippen LogP contribution in [0.5, 0.6) is 0 Å². The summed E-state index contributed by atoms with van der Waals surface area (Å²) in [6.45, 7) is 15.5. The van der Waals surface area contributed by atoms with E-state index < -0.39 is 5.60 Å². The Hall–Kier alpha value is -1.42. The summed E-state index contributed by atoms with van der Waals surface area (Å²) < 4.78 is 6.10. The first-order valence-corrected chi connectivity index (χ1v) is 13.6. The van der Waals surface area contributed by atoms with Crippen LogP contribution in [0.1, 0.15) is 98.8 Å². The highest BCUT2D eigenvalue weighted by Gasteiger charge is 2.64. The molecule has 190 valence electrons. The fraction of sp³-hybridized carbons (Fsp3) is 0.800. The van der Waals surface area contributed by atoms with Gasteiger partial charge in [0.1, 0.15) is 5.60 Å². The largest absolute Gasteiger partial charge is 0.458 e. The third kappa shape index (κ3) is 4.12. The average Bonchev–Trinajstić information content (AvgIpc) is 3.19. The van der Waals surface area contributed by atoms with Gasteiger partial charge in [0.15, 0.2) is 5.78 Å². The molecule has 1 spiro atoms. The van der Waals surface area contributed by atoms with Gasteiger partial charge in [-0.3, -0.25) is 9.59 Å². The molecule has 34 heavy (non-hydrogen) atoms. The van der Waals surface area contributed by atoms with Crippen LogP contribution in [0.4, 0.5) is 0 Å². The summed E-state index contributed by atoms with van der Waals surface area (Å²) in [4.78, 5) is 24.9. The first kappa shape index (κ1) is 25.7. The van der Waals surface area contributed by atoms with Gasteiger partial charge in [0, 0.05) is 18.8 Å². The highest BCUT2D eigenvalue weighted by molar-refractivity contribution is 5.90. The topological polar surface area (TPSA) is 63.6 Å². The van der Waals surface area contributed by atoms with Gasteiger partial charge in [-0.15, -0.1) is 0 Å². The van der Waals surface area contributed by atoms with Crippen LogP contribution in [0.3, 0.4) is 0 Å². The minimum absolute atomic E-state index is 0.0341. The van der Waals surface area contributed by atoms with E-state index in [-0.39, 0.29) is 35.1 Å². The van der Waals surface area contributed by atoms with E-state index in [9.17, 15) is 14.7 Å².